The number of rotatable bonds is 6. The SMILES string of the molecule is CCCn1nc(C(=O)OCC(=O)Nc2ccc(C)cc2)ccc1=O. The van der Waals surface area contributed by atoms with E-state index in [4.69, 9.17) is 4.74 Å². The number of esters is 1. The Labute approximate surface area is 139 Å². The lowest BCUT2D eigenvalue weighted by Gasteiger charge is -2.08. The predicted molar refractivity (Wildman–Crippen MR) is 88.9 cm³/mol. The summed E-state index contributed by atoms with van der Waals surface area (Å²) in [4.78, 5) is 35.3. The van der Waals surface area contributed by atoms with Gasteiger partial charge in [-0.15, -0.1) is 0 Å². The number of carbonyl (C=O) groups excluding carboxylic acids is 2. The number of ether oxygens (including phenoxy) is 1. The van der Waals surface area contributed by atoms with Crippen molar-refractivity contribution in [3.8, 4) is 0 Å². The summed E-state index contributed by atoms with van der Waals surface area (Å²) < 4.78 is 6.13. The van der Waals surface area contributed by atoms with Crippen molar-refractivity contribution in [1.82, 2.24) is 9.78 Å². The molecule has 0 bridgehead atoms. The minimum absolute atomic E-state index is 0.00816. The van der Waals surface area contributed by atoms with E-state index in [1.165, 1.54) is 16.8 Å². The van der Waals surface area contributed by atoms with E-state index in [1.54, 1.807) is 12.1 Å². The molecule has 7 nitrogen and oxygen atoms in total. The summed E-state index contributed by atoms with van der Waals surface area (Å²) in [6.45, 7) is 3.82. The van der Waals surface area contributed by atoms with E-state index < -0.39 is 18.5 Å². The van der Waals surface area contributed by atoms with Crippen LogP contribution in [-0.4, -0.2) is 28.3 Å². The molecule has 0 saturated carbocycles. The summed E-state index contributed by atoms with van der Waals surface area (Å²) in [6.07, 6.45) is 0.713. The Morgan fingerprint density at radius 3 is 2.54 bits per heavy atom. The average Bonchev–Trinajstić information content (AvgIpc) is 2.57. The van der Waals surface area contributed by atoms with Crippen molar-refractivity contribution in [2.45, 2.75) is 26.8 Å². The zero-order chi connectivity index (χ0) is 17.5. The summed E-state index contributed by atoms with van der Waals surface area (Å²) in [5, 5.41) is 6.56. The lowest BCUT2D eigenvalue weighted by Crippen LogP contribution is -2.26. The fourth-order valence-electron chi connectivity index (χ4n) is 1.97. The molecule has 0 saturated heterocycles. The molecule has 1 amide bonds. The number of aromatic nitrogens is 2. The number of nitrogens with zero attached hydrogens (tertiary/aromatic N) is 2. The first-order chi connectivity index (χ1) is 11.5. The second-order valence-electron chi connectivity index (χ2n) is 5.27. The van der Waals surface area contributed by atoms with Crippen LogP contribution in [0.5, 0.6) is 0 Å². The molecule has 1 N–H and O–H groups in total. The standard InChI is InChI=1S/C17H19N3O4/c1-3-10-20-16(22)9-8-14(19-20)17(23)24-11-15(21)18-13-6-4-12(2)5-7-13/h4-9H,3,10-11H2,1-2H3,(H,18,21). The monoisotopic (exact) mass is 329 g/mol. The van der Waals surface area contributed by atoms with Crippen LogP contribution in [0, 0.1) is 6.92 Å². The van der Waals surface area contributed by atoms with Crippen molar-refractivity contribution >= 4 is 17.6 Å². The highest BCUT2D eigenvalue weighted by atomic mass is 16.5. The van der Waals surface area contributed by atoms with E-state index in [0.29, 0.717) is 18.7 Å². The minimum Gasteiger partial charge on any atom is -0.451 e. The Kier molecular flexibility index (Phi) is 5.83. The number of benzene rings is 1. The Morgan fingerprint density at radius 2 is 1.88 bits per heavy atom. The van der Waals surface area contributed by atoms with Crippen LogP contribution in [0.15, 0.2) is 41.2 Å². The molecule has 0 aliphatic rings. The maximum Gasteiger partial charge on any atom is 0.359 e. The highest BCUT2D eigenvalue weighted by molar-refractivity contribution is 5.94. The van der Waals surface area contributed by atoms with Gasteiger partial charge in [-0.25, -0.2) is 9.48 Å². The van der Waals surface area contributed by atoms with Gasteiger partial charge in [0.15, 0.2) is 12.3 Å². The van der Waals surface area contributed by atoms with E-state index in [0.717, 1.165) is 5.56 Å². The lowest BCUT2D eigenvalue weighted by molar-refractivity contribution is -0.119. The molecule has 2 rings (SSSR count). The Morgan fingerprint density at radius 1 is 1.17 bits per heavy atom. The van der Waals surface area contributed by atoms with Crippen LogP contribution in [0.2, 0.25) is 0 Å². The Hall–Kier alpha value is -2.96. The van der Waals surface area contributed by atoms with Crippen molar-refractivity contribution in [3.63, 3.8) is 0 Å². The van der Waals surface area contributed by atoms with Crippen LogP contribution >= 0.6 is 0 Å². The van der Waals surface area contributed by atoms with E-state index in [-0.39, 0.29) is 11.3 Å². The maximum absolute atomic E-state index is 11.9. The molecule has 0 spiro atoms. The van der Waals surface area contributed by atoms with Crippen molar-refractivity contribution in [3.05, 3.63) is 58.0 Å². The second kappa shape index (κ2) is 8.05. The summed E-state index contributed by atoms with van der Waals surface area (Å²) in [5.74, 6) is -1.20. The van der Waals surface area contributed by atoms with Crippen molar-refractivity contribution in [2.24, 2.45) is 0 Å². The van der Waals surface area contributed by atoms with Gasteiger partial charge in [-0.2, -0.15) is 5.10 Å². The van der Waals surface area contributed by atoms with Crippen LogP contribution in [0.1, 0.15) is 29.4 Å². The van der Waals surface area contributed by atoms with Gasteiger partial charge in [0.05, 0.1) is 0 Å². The Balaban J connectivity index is 1.92. The third-order valence-electron chi connectivity index (χ3n) is 3.18. The zero-order valence-corrected chi connectivity index (χ0v) is 13.6. The average molecular weight is 329 g/mol. The van der Waals surface area contributed by atoms with Gasteiger partial charge in [0.25, 0.3) is 11.5 Å². The quantitative estimate of drug-likeness (QED) is 0.816. The van der Waals surface area contributed by atoms with E-state index in [1.807, 2.05) is 26.0 Å². The number of amides is 1. The molecule has 0 atom stereocenters. The summed E-state index contributed by atoms with van der Waals surface area (Å²) in [6, 6.07) is 9.79. The fraction of sp³-hybridized carbons (Fsp3) is 0.294. The van der Waals surface area contributed by atoms with Gasteiger partial charge in [0.2, 0.25) is 0 Å². The van der Waals surface area contributed by atoms with Crippen LogP contribution < -0.4 is 10.9 Å². The summed E-state index contributed by atoms with van der Waals surface area (Å²) >= 11 is 0. The molecular weight excluding hydrogens is 310 g/mol. The van der Waals surface area contributed by atoms with Crippen LogP contribution in [0.4, 0.5) is 5.69 Å². The molecule has 1 heterocycles. The topological polar surface area (TPSA) is 90.3 Å². The molecular formula is C17H19N3O4. The van der Waals surface area contributed by atoms with E-state index in [2.05, 4.69) is 10.4 Å². The summed E-state index contributed by atoms with van der Waals surface area (Å²) in [5.41, 5.74) is 1.40. The maximum atomic E-state index is 11.9. The van der Waals surface area contributed by atoms with Crippen LogP contribution in [0.25, 0.3) is 0 Å². The molecule has 0 fully saturated rings. The van der Waals surface area contributed by atoms with Gasteiger partial charge in [-0.05, 0) is 31.5 Å². The van der Waals surface area contributed by atoms with Gasteiger partial charge in [-0.1, -0.05) is 24.6 Å². The van der Waals surface area contributed by atoms with Crippen molar-refractivity contribution in [1.29, 1.82) is 0 Å². The molecule has 2 aromatic rings. The summed E-state index contributed by atoms with van der Waals surface area (Å²) in [7, 11) is 0. The molecule has 0 aliphatic carbocycles. The van der Waals surface area contributed by atoms with E-state index in [9.17, 15) is 14.4 Å². The third-order valence-corrected chi connectivity index (χ3v) is 3.18. The molecule has 0 unspecified atom stereocenters. The molecule has 126 valence electrons. The number of carbonyl (C=O) groups is 2. The number of aryl methyl sites for hydroxylation is 2. The first-order valence-corrected chi connectivity index (χ1v) is 7.61. The van der Waals surface area contributed by atoms with Crippen LogP contribution in [-0.2, 0) is 16.1 Å². The number of anilines is 1. The third kappa shape index (κ3) is 4.77. The molecule has 0 radical (unpaired) electrons. The zero-order valence-electron chi connectivity index (χ0n) is 13.6. The molecule has 0 aliphatic heterocycles. The van der Waals surface area contributed by atoms with E-state index >= 15 is 0 Å². The van der Waals surface area contributed by atoms with Gasteiger partial charge < -0.3 is 10.1 Å². The van der Waals surface area contributed by atoms with Gasteiger partial charge in [0, 0.05) is 18.3 Å². The highest BCUT2D eigenvalue weighted by Gasteiger charge is 2.13. The van der Waals surface area contributed by atoms with Crippen molar-refractivity contribution < 1.29 is 14.3 Å². The van der Waals surface area contributed by atoms with Gasteiger partial charge in [0.1, 0.15) is 0 Å². The molecule has 1 aromatic carbocycles. The van der Waals surface area contributed by atoms with Gasteiger partial charge in [-0.3, -0.25) is 9.59 Å². The number of nitrogens with one attached hydrogen (secondary N) is 1. The van der Waals surface area contributed by atoms with Gasteiger partial charge >= 0.3 is 5.97 Å². The molecule has 1 aromatic heterocycles. The van der Waals surface area contributed by atoms with Crippen molar-refractivity contribution in [2.75, 3.05) is 11.9 Å². The molecule has 7 heteroatoms. The Bertz CT molecular complexity index is 781. The number of hydrogen-bond acceptors (Lipinski definition) is 5. The largest absolute Gasteiger partial charge is 0.451 e. The smallest absolute Gasteiger partial charge is 0.359 e. The number of hydrogen-bond donors (Lipinski definition) is 1. The lowest BCUT2D eigenvalue weighted by atomic mass is 10.2. The minimum atomic E-state index is -0.751. The second-order valence-corrected chi connectivity index (χ2v) is 5.27. The fourth-order valence-corrected chi connectivity index (χ4v) is 1.97. The first kappa shape index (κ1) is 17.4. The predicted octanol–water partition coefficient (Wildman–Crippen LogP) is 1.76. The molecule has 24 heavy (non-hydrogen) atoms. The van der Waals surface area contributed by atoms with Crippen LogP contribution in [0.3, 0.4) is 0 Å². The first-order valence-electron chi connectivity index (χ1n) is 7.61. The normalized spacial score (nSPS) is 10.2. The highest BCUT2D eigenvalue weighted by Crippen LogP contribution is 2.08.